The standard InChI is InChI=1S/C18H35N5O3.HI/c1-19-17(21-14-16(24)20-8-11-25-2)22-15-18(6-4-3-5-7-18)23-9-12-26-13-10-23;/h3-15H2,1-2H3,(H,20,24)(H2,19,21,22);1H. The second-order valence-corrected chi connectivity index (χ2v) is 7.01. The molecule has 8 nitrogen and oxygen atoms in total. The highest BCUT2D eigenvalue weighted by Crippen LogP contribution is 2.33. The predicted molar refractivity (Wildman–Crippen MR) is 118 cm³/mol. The molecule has 0 aromatic carbocycles. The van der Waals surface area contributed by atoms with Crippen LogP contribution in [0.4, 0.5) is 0 Å². The Morgan fingerprint density at radius 1 is 1.15 bits per heavy atom. The van der Waals surface area contributed by atoms with Crippen molar-refractivity contribution in [3.63, 3.8) is 0 Å². The summed E-state index contributed by atoms with van der Waals surface area (Å²) in [5.74, 6) is 0.607. The van der Waals surface area contributed by atoms with Crippen LogP contribution in [0.5, 0.6) is 0 Å². The fourth-order valence-electron chi connectivity index (χ4n) is 3.84. The molecule has 0 unspecified atom stereocenters. The Hall–Kier alpha value is -0.650. The molecule has 27 heavy (non-hydrogen) atoms. The van der Waals surface area contributed by atoms with E-state index in [2.05, 4.69) is 25.8 Å². The molecule has 158 valence electrons. The third-order valence-corrected chi connectivity index (χ3v) is 5.32. The maximum Gasteiger partial charge on any atom is 0.239 e. The lowest BCUT2D eigenvalue weighted by atomic mass is 9.80. The van der Waals surface area contributed by atoms with Gasteiger partial charge in [-0.15, -0.1) is 24.0 Å². The molecule has 0 aromatic heterocycles. The number of nitrogens with zero attached hydrogens (tertiary/aromatic N) is 2. The molecule has 0 atom stereocenters. The second-order valence-electron chi connectivity index (χ2n) is 7.01. The number of morpholine rings is 1. The molecule has 9 heteroatoms. The van der Waals surface area contributed by atoms with E-state index < -0.39 is 0 Å². The van der Waals surface area contributed by atoms with Crippen molar-refractivity contribution in [1.29, 1.82) is 0 Å². The third-order valence-electron chi connectivity index (χ3n) is 5.32. The zero-order chi connectivity index (χ0) is 18.7. The first kappa shape index (κ1) is 24.4. The van der Waals surface area contributed by atoms with E-state index in [0.717, 1.165) is 32.8 Å². The first-order valence-electron chi connectivity index (χ1n) is 9.73. The number of hydrogen-bond acceptors (Lipinski definition) is 5. The molecule has 0 spiro atoms. The number of nitrogens with one attached hydrogen (secondary N) is 3. The average molecular weight is 497 g/mol. The van der Waals surface area contributed by atoms with E-state index in [1.165, 1.54) is 32.1 Å². The van der Waals surface area contributed by atoms with Crippen LogP contribution in [0.1, 0.15) is 32.1 Å². The van der Waals surface area contributed by atoms with Crippen molar-refractivity contribution < 1.29 is 14.3 Å². The highest BCUT2D eigenvalue weighted by Gasteiger charge is 2.38. The summed E-state index contributed by atoms with van der Waals surface area (Å²) in [5.41, 5.74) is 0.167. The number of rotatable bonds is 8. The summed E-state index contributed by atoms with van der Waals surface area (Å²) in [6, 6.07) is 0. The minimum atomic E-state index is -0.0643. The smallest absolute Gasteiger partial charge is 0.239 e. The summed E-state index contributed by atoms with van der Waals surface area (Å²) in [5, 5.41) is 9.35. The number of ether oxygens (including phenoxy) is 2. The Kier molecular flexibility index (Phi) is 12.2. The number of methoxy groups -OCH3 is 1. The topological polar surface area (TPSA) is 87.2 Å². The lowest BCUT2D eigenvalue weighted by Crippen LogP contribution is -2.60. The minimum absolute atomic E-state index is 0. The normalized spacial score (nSPS) is 20.4. The van der Waals surface area contributed by atoms with Crippen molar-refractivity contribution in [3.05, 3.63) is 0 Å². The van der Waals surface area contributed by atoms with E-state index in [9.17, 15) is 4.79 Å². The fraction of sp³-hybridized carbons (Fsp3) is 0.889. The van der Waals surface area contributed by atoms with Crippen LogP contribution in [0.15, 0.2) is 4.99 Å². The Labute approximate surface area is 180 Å². The molecule has 1 aliphatic carbocycles. The van der Waals surface area contributed by atoms with Crippen LogP contribution in [0.25, 0.3) is 0 Å². The summed E-state index contributed by atoms with van der Waals surface area (Å²) in [7, 11) is 3.35. The number of halogens is 1. The molecule has 2 fully saturated rings. The van der Waals surface area contributed by atoms with Crippen molar-refractivity contribution >= 4 is 35.8 Å². The molecule has 0 radical (unpaired) electrons. The second kappa shape index (κ2) is 13.5. The number of hydrogen-bond donors (Lipinski definition) is 3. The molecule has 0 aromatic rings. The van der Waals surface area contributed by atoms with Gasteiger partial charge >= 0.3 is 0 Å². The van der Waals surface area contributed by atoms with Gasteiger partial charge in [-0.2, -0.15) is 0 Å². The molecule has 3 N–H and O–H groups in total. The van der Waals surface area contributed by atoms with Crippen LogP contribution in [-0.2, 0) is 14.3 Å². The predicted octanol–water partition coefficient (Wildman–Crippen LogP) is 0.567. The molecule has 1 saturated carbocycles. The van der Waals surface area contributed by atoms with Crippen molar-refractivity contribution in [2.24, 2.45) is 4.99 Å². The van der Waals surface area contributed by atoms with Crippen LogP contribution in [0.3, 0.4) is 0 Å². The zero-order valence-corrected chi connectivity index (χ0v) is 19.1. The Morgan fingerprint density at radius 2 is 1.85 bits per heavy atom. The number of aliphatic imine (C=N–C) groups is 1. The first-order valence-corrected chi connectivity index (χ1v) is 9.73. The average Bonchev–Trinajstić information content (AvgIpc) is 2.70. The quantitative estimate of drug-likeness (QED) is 0.197. The molecule has 0 bridgehead atoms. The molecule has 1 aliphatic heterocycles. The van der Waals surface area contributed by atoms with Gasteiger partial charge in [-0.1, -0.05) is 19.3 Å². The van der Waals surface area contributed by atoms with E-state index in [0.29, 0.717) is 19.1 Å². The van der Waals surface area contributed by atoms with Gasteiger partial charge in [0.2, 0.25) is 5.91 Å². The Balaban J connectivity index is 0.00000364. The fourth-order valence-corrected chi connectivity index (χ4v) is 3.84. The minimum Gasteiger partial charge on any atom is -0.383 e. The van der Waals surface area contributed by atoms with Gasteiger partial charge in [0, 0.05) is 45.9 Å². The summed E-state index contributed by atoms with van der Waals surface area (Å²) >= 11 is 0. The van der Waals surface area contributed by atoms with Crippen LogP contribution in [0.2, 0.25) is 0 Å². The number of carbonyl (C=O) groups excluding carboxylic acids is 1. The highest BCUT2D eigenvalue weighted by atomic mass is 127. The summed E-state index contributed by atoms with van der Waals surface area (Å²) < 4.78 is 10.5. The molecule has 2 aliphatic rings. The van der Waals surface area contributed by atoms with Gasteiger partial charge in [0.25, 0.3) is 0 Å². The lowest BCUT2D eigenvalue weighted by Gasteiger charge is -2.48. The van der Waals surface area contributed by atoms with Gasteiger partial charge in [-0.3, -0.25) is 14.7 Å². The van der Waals surface area contributed by atoms with E-state index in [1.807, 2.05) is 0 Å². The SMILES string of the molecule is CN=C(NCC(=O)NCCOC)NCC1(N2CCOCC2)CCCCC1.I. The maximum absolute atomic E-state index is 11.8. The van der Waals surface area contributed by atoms with Gasteiger partial charge in [0.05, 0.1) is 26.4 Å². The first-order chi connectivity index (χ1) is 12.7. The molecule has 1 saturated heterocycles. The van der Waals surface area contributed by atoms with Crippen LogP contribution in [-0.4, -0.2) is 89.0 Å². The largest absolute Gasteiger partial charge is 0.383 e. The summed E-state index contributed by atoms with van der Waals surface area (Å²) in [4.78, 5) is 18.7. The number of guanidine groups is 1. The highest BCUT2D eigenvalue weighted by molar-refractivity contribution is 14.0. The lowest BCUT2D eigenvalue weighted by molar-refractivity contribution is -0.120. The molecule has 1 amide bonds. The van der Waals surface area contributed by atoms with E-state index in [4.69, 9.17) is 9.47 Å². The van der Waals surface area contributed by atoms with Gasteiger partial charge in [0.15, 0.2) is 5.96 Å². The van der Waals surface area contributed by atoms with Crippen molar-refractivity contribution in [1.82, 2.24) is 20.9 Å². The van der Waals surface area contributed by atoms with Crippen LogP contribution >= 0.6 is 24.0 Å². The van der Waals surface area contributed by atoms with Gasteiger partial charge in [-0.25, -0.2) is 0 Å². The molecule has 1 heterocycles. The number of carbonyl (C=O) groups is 1. The number of amides is 1. The van der Waals surface area contributed by atoms with Crippen LogP contribution in [0, 0.1) is 0 Å². The van der Waals surface area contributed by atoms with Crippen LogP contribution < -0.4 is 16.0 Å². The maximum atomic E-state index is 11.8. The monoisotopic (exact) mass is 497 g/mol. The zero-order valence-electron chi connectivity index (χ0n) is 16.7. The van der Waals surface area contributed by atoms with Crippen molar-refractivity contribution in [3.8, 4) is 0 Å². The summed E-state index contributed by atoms with van der Waals surface area (Å²) in [6.45, 7) is 5.70. The third kappa shape index (κ3) is 8.08. The van der Waals surface area contributed by atoms with E-state index in [1.54, 1.807) is 14.2 Å². The molecule has 2 rings (SSSR count). The van der Waals surface area contributed by atoms with Gasteiger partial charge in [-0.05, 0) is 12.8 Å². The van der Waals surface area contributed by atoms with E-state index >= 15 is 0 Å². The van der Waals surface area contributed by atoms with Crippen molar-refractivity contribution in [2.75, 3.05) is 66.7 Å². The van der Waals surface area contributed by atoms with Gasteiger partial charge in [0.1, 0.15) is 0 Å². The van der Waals surface area contributed by atoms with Gasteiger partial charge < -0.3 is 25.4 Å². The van der Waals surface area contributed by atoms with E-state index in [-0.39, 0.29) is 42.0 Å². The molecular formula is C18H36IN5O3. The van der Waals surface area contributed by atoms with Crippen molar-refractivity contribution in [2.45, 2.75) is 37.6 Å². The summed E-state index contributed by atoms with van der Waals surface area (Å²) in [6.07, 6.45) is 6.27. The molecular weight excluding hydrogens is 461 g/mol. The Bertz CT molecular complexity index is 452. The Morgan fingerprint density at radius 3 is 2.48 bits per heavy atom.